The van der Waals surface area contributed by atoms with E-state index < -0.39 is 0 Å². The minimum absolute atomic E-state index is 0.117. The molecule has 1 amide bonds. The number of hydrogen-bond acceptors (Lipinski definition) is 5. The molecule has 2 aliphatic rings. The Bertz CT molecular complexity index is 1090. The van der Waals surface area contributed by atoms with E-state index in [4.69, 9.17) is 9.72 Å². The Hall–Kier alpha value is -2.96. The Morgan fingerprint density at radius 2 is 2.09 bits per heavy atom. The highest BCUT2D eigenvalue weighted by Gasteiger charge is 2.37. The third-order valence-corrected chi connectivity index (χ3v) is 6.26. The highest BCUT2D eigenvalue weighted by atomic mass is 16.5. The molecule has 168 valence electrons. The fraction of sp³-hybridized carbons (Fsp3) is 0.385. The number of aromatic nitrogens is 1. The van der Waals surface area contributed by atoms with Crippen LogP contribution in [0.1, 0.15) is 36.7 Å². The summed E-state index contributed by atoms with van der Waals surface area (Å²) in [6, 6.07) is 10.1. The van der Waals surface area contributed by atoms with Crippen molar-refractivity contribution in [2.75, 3.05) is 19.7 Å². The number of rotatable bonds is 7. The van der Waals surface area contributed by atoms with E-state index >= 15 is 0 Å². The van der Waals surface area contributed by atoms with Gasteiger partial charge < -0.3 is 15.2 Å². The minimum atomic E-state index is -0.217. The molecule has 2 N–H and O–H groups in total. The fourth-order valence-corrected chi connectivity index (χ4v) is 4.48. The SMILES string of the molecule is C=C/C=c1/c(C(=O)NC2CC(N3CC[C@H](O)C3)C2)nc(-c2ccc(OCC)cc2)cc1=C. The molecule has 6 heteroatoms. The maximum Gasteiger partial charge on any atom is 0.270 e. The van der Waals surface area contributed by atoms with Crippen molar-refractivity contribution in [2.45, 2.75) is 44.4 Å². The summed E-state index contributed by atoms with van der Waals surface area (Å²) in [5.74, 6) is 0.603. The second-order valence-corrected chi connectivity index (χ2v) is 8.52. The molecule has 1 aromatic carbocycles. The Morgan fingerprint density at radius 3 is 2.72 bits per heavy atom. The van der Waals surface area contributed by atoms with E-state index in [0.29, 0.717) is 29.3 Å². The molecule has 1 saturated carbocycles. The molecule has 32 heavy (non-hydrogen) atoms. The quantitative estimate of drug-likeness (QED) is 0.697. The van der Waals surface area contributed by atoms with Crippen molar-refractivity contribution in [1.82, 2.24) is 15.2 Å². The van der Waals surface area contributed by atoms with Gasteiger partial charge in [-0.15, -0.1) is 0 Å². The topological polar surface area (TPSA) is 74.7 Å². The standard InChI is InChI=1S/C26H31N3O3/c1-4-6-23-17(3)13-24(18-7-9-22(10-8-18)32-5-2)28-25(23)26(31)27-19-14-20(15-19)29-12-11-21(30)16-29/h4,6-10,13,19-21,30H,1,3,5,11-12,14-16H2,2H3,(H,27,31)/b23-6+/t19?,20?,21-/m0/s1. The molecule has 1 aliphatic heterocycles. The van der Waals surface area contributed by atoms with Gasteiger partial charge in [0.05, 0.1) is 18.4 Å². The first kappa shape index (κ1) is 22.2. The van der Waals surface area contributed by atoms with Crippen molar-refractivity contribution < 1.29 is 14.6 Å². The molecular weight excluding hydrogens is 402 g/mol. The van der Waals surface area contributed by atoms with Crippen LogP contribution in [0, 0.1) is 0 Å². The number of likely N-dealkylation sites (tertiary alicyclic amines) is 1. The number of pyridine rings is 1. The predicted molar refractivity (Wildman–Crippen MR) is 127 cm³/mol. The van der Waals surface area contributed by atoms with Gasteiger partial charge in [0.25, 0.3) is 5.91 Å². The molecule has 2 aromatic rings. The highest BCUT2D eigenvalue weighted by Crippen LogP contribution is 2.29. The van der Waals surface area contributed by atoms with Crippen LogP contribution in [0.5, 0.6) is 5.75 Å². The smallest absolute Gasteiger partial charge is 0.270 e. The van der Waals surface area contributed by atoms with Gasteiger partial charge in [0, 0.05) is 36.0 Å². The Labute approximate surface area is 188 Å². The molecule has 1 aromatic heterocycles. The van der Waals surface area contributed by atoms with E-state index in [9.17, 15) is 9.90 Å². The first-order valence-electron chi connectivity index (χ1n) is 11.3. The number of carbonyl (C=O) groups excluding carboxylic acids is 1. The number of β-amino-alcohol motifs (C(OH)–C–C–N with tert-alkyl or cyclic N) is 1. The van der Waals surface area contributed by atoms with Gasteiger partial charge in [-0.3, -0.25) is 9.69 Å². The first-order chi connectivity index (χ1) is 15.5. The Morgan fingerprint density at radius 1 is 1.34 bits per heavy atom. The van der Waals surface area contributed by atoms with Crippen LogP contribution < -0.4 is 20.5 Å². The molecule has 2 heterocycles. The van der Waals surface area contributed by atoms with Crippen LogP contribution in [0.4, 0.5) is 0 Å². The van der Waals surface area contributed by atoms with Crippen LogP contribution in [0.15, 0.2) is 43.0 Å². The van der Waals surface area contributed by atoms with E-state index in [-0.39, 0.29) is 18.1 Å². The van der Waals surface area contributed by atoms with E-state index in [1.165, 1.54) is 0 Å². The first-order valence-corrected chi connectivity index (χ1v) is 11.3. The zero-order valence-electron chi connectivity index (χ0n) is 18.6. The van der Waals surface area contributed by atoms with E-state index in [0.717, 1.165) is 48.9 Å². The van der Waals surface area contributed by atoms with Gasteiger partial charge in [-0.05, 0) is 61.7 Å². The van der Waals surface area contributed by atoms with E-state index in [2.05, 4.69) is 23.4 Å². The summed E-state index contributed by atoms with van der Waals surface area (Å²) in [6.45, 7) is 12.1. The number of aliphatic hydroxyl groups is 1. The molecule has 0 unspecified atom stereocenters. The lowest BCUT2D eigenvalue weighted by Crippen LogP contribution is -2.54. The summed E-state index contributed by atoms with van der Waals surface area (Å²) < 4.78 is 5.52. The van der Waals surface area contributed by atoms with Crippen LogP contribution in [0.3, 0.4) is 0 Å². The van der Waals surface area contributed by atoms with Crippen LogP contribution in [0.2, 0.25) is 0 Å². The average molecular weight is 434 g/mol. The molecule has 1 saturated heterocycles. The van der Waals surface area contributed by atoms with Gasteiger partial charge in [0.2, 0.25) is 0 Å². The van der Waals surface area contributed by atoms with Crippen molar-refractivity contribution in [3.05, 3.63) is 59.1 Å². The lowest BCUT2D eigenvalue weighted by molar-refractivity contribution is 0.0772. The number of allylic oxidation sites excluding steroid dienone is 1. The van der Waals surface area contributed by atoms with Gasteiger partial charge in [-0.2, -0.15) is 0 Å². The minimum Gasteiger partial charge on any atom is -0.494 e. The Kier molecular flexibility index (Phi) is 6.72. The maximum absolute atomic E-state index is 13.2. The highest BCUT2D eigenvalue weighted by molar-refractivity contribution is 5.93. The van der Waals surface area contributed by atoms with E-state index in [1.54, 1.807) is 12.2 Å². The molecule has 1 aliphatic carbocycles. The molecule has 1 atom stereocenters. The monoisotopic (exact) mass is 433 g/mol. The normalized spacial score (nSPS) is 23.6. The fourth-order valence-electron chi connectivity index (χ4n) is 4.48. The van der Waals surface area contributed by atoms with Gasteiger partial charge in [-0.1, -0.05) is 25.3 Å². The maximum atomic E-state index is 13.2. The second-order valence-electron chi connectivity index (χ2n) is 8.52. The molecule has 0 radical (unpaired) electrons. The second kappa shape index (κ2) is 9.67. The summed E-state index contributed by atoms with van der Waals surface area (Å²) in [5.41, 5.74) is 1.96. The van der Waals surface area contributed by atoms with Crippen molar-refractivity contribution in [1.29, 1.82) is 0 Å². The number of nitrogens with zero attached hydrogens (tertiary/aromatic N) is 2. The summed E-state index contributed by atoms with van der Waals surface area (Å²) in [6.07, 6.45) is 5.84. The lowest BCUT2D eigenvalue weighted by atomic mass is 9.85. The number of carbonyl (C=O) groups is 1. The number of amides is 1. The van der Waals surface area contributed by atoms with Gasteiger partial charge in [-0.25, -0.2) is 4.98 Å². The molecule has 2 fully saturated rings. The summed E-state index contributed by atoms with van der Waals surface area (Å²) in [5, 5.41) is 14.3. The van der Waals surface area contributed by atoms with Crippen molar-refractivity contribution in [3.63, 3.8) is 0 Å². The van der Waals surface area contributed by atoms with Crippen LogP contribution in [-0.2, 0) is 0 Å². The zero-order chi connectivity index (χ0) is 22.7. The van der Waals surface area contributed by atoms with Crippen molar-refractivity contribution >= 4 is 18.6 Å². The molecule has 4 rings (SSSR count). The van der Waals surface area contributed by atoms with Gasteiger partial charge in [0.1, 0.15) is 11.4 Å². The van der Waals surface area contributed by atoms with Crippen LogP contribution >= 0.6 is 0 Å². The third-order valence-electron chi connectivity index (χ3n) is 6.26. The van der Waals surface area contributed by atoms with Gasteiger partial charge in [0.15, 0.2) is 0 Å². The van der Waals surface area contributed by atoms with Crippen LogP contribution in [-0.4, -0.2) is 58.8 Å². The summed E-state index contributed by atoms with van der Waals surface area (Å²) in [4.78, 5) is 20.2. The Balaban J connectivity index is 1.53. The zero-order valence-corrected chi connectivity index (χ0v) is 18.6. The number of benzene rings is 1. The molecular formula is C26H31N3O3. The largest absolute Gasteiger partial charge is 0.494 e. The van der Waals surface area contributed by atoms with E-state index in [1.807, 2.05) is 37.3 Å². The molecule has 0 bridgehead atoms. The lowest BCUT2D eigenvalue weighted by Gasteiger charge is -2.41. The molecule has 6 nitrogen and oxygen atoms in total. The van der Waals surface area contributed by atoms with Gasteiger partial charge >= 0.3 is 0 Å². The van der Waals surface area contributed by atoms with Crippen LogP contribution in [0.25, 0.3) is 23.9 Å². The number of nitrogens with one attached hydrogen (secondary N) is 1. The average Bonchev–Trinajstić information content (AvgIpc) is 3.18. The predicted octanol–water partition coefficient (Wildman–Crippen LogP) is 1.85. The van der Waals surface area contributed by atoms with Crippen molar-refractivity contribution in [3.8, 4) is 17.0 Å². The third kappa shape index (κ3) is 4.76. The number of aliphatic hydroxyl groups excluding tert-OH is 1. The summed E-state index contributed by atoms with van der Waals surface area (Å²) >= 11 is 0. The van der Waals surface area contributed by atoms with Crippen molar-refractivity contribution in [2.24, 2.45) is 0 Å². The number of ether oxygens (including phenoxy) is 1. The summed E-state index contributed by atoms with van der Waals surface area (Å²) in [7, 11) is 0. The number of hydrogen-bond donors (Lipinski definition) is 2. The molecule has 0 spiro atoms.